The summed E-state index contributed by atoms with van der Waals surface area (Å²) in [5.74, 6) is 0.343. The first kappa shape index (κ1) is 20.4. The van der Waals surface area contributed by atoms with Crippen LogP contribution in [0.5, 0.6) is 0 Å². The van der Waals surface area contributed by atoms with Gasteiger partial charge in [-0.1, -0.05) is 64.3 Å². The van der Waals surface area contributed by atoms with E-state index < -0.39 is 23.0 Å². The second-order valence-corrected chi connectivity index (χ2v) is 9.54. The van der Waals surface area contributed by atoms with Crippen LogP contribution in [-0.2, 0) is 12.1 Å². The molecule has 2 aromatic carbocycles. The zero-order valence-corrected chi connectivity index (χ0v) is 19.2. The Labute approximate surface area is 196 Å². The third-order valence-electron chi connectivity index (χ3n) is 6.69. The fourth-order valence-corrected chi connectivity index (χ4v) is 5.39. The average molecular weight is 509 g/mol. The first-order valence-corrected chi connectivity index (χ1v) is 11.7. The van der Waals surface area contributed by atoms with Crippen molar-refractivity contribution in [3.05, 3.63) is 91.3 Å². The Kier molecular flexibility index (Phi) is 4.56. The highest BCUT2D eigenvalue weighted by Gasteiger charge is 2.52. The molecule has 168 valence electrons. The topological polar surface area (TPSA) is 99.9 Å². The van der Waals surface area contributed by atoms with Crippen LogP contribution in [0.2, 0.25) is 0 Å². The normalized spacial score (nSPS) is 21.3. The van der Waals surface area contributed by atoms with E-state index in [9.17, 15) is 14.7 Å². The number of benzene rings is 2. The van der Waals surface area contributed by atoms with Gasteiger partial charge in [-0.3, -0.25) is 0 Å². The van der Waals surface area contributed by atoms with Crippen LogP contribution in [0.1, 0.15) is 43.0 Å². The molecule has 2 unspecified atom stereocenters. The van der Waals surface area contributed by atoms with E-state index in [1.54, 1.807) is 28.9 Å². The molecule has 4 aromatic rings. The van der Waals surface area contributed by atoms with Crippen molar-refractivity contribution in [2.75, 3.05) is 0 Å². The van der Waals surface area contributed by atoms with Crippen LogP contribution in [0.4, 0.5) is 0 Å². The van der Waals surface area contributed by atoms with Crippen molar-refractivity contribution < 1.29 is 5.11 Å². The van der Waals surface area contributed by atoms with E-state index in [0.29, 0.717) is 36.6 Å². The van der Waals surface area contributed by atoms with E-state index in [-0.39, 0.29) is 0 Å². The van der Waals surface area contributed by atoms with Crippen molar-refractivity contribution in [2.45, 2.75) is 43.9 Å². The van der Waals surface area contributed by atoms with Crippen molar-refractivity contribution in [1.29, 1.82) is 0 Å². The maximum absolute atomic E-state index is 13.7. The molecule has 1 fully saturated rings. The summed E-state index contributed by atoms with van der Waals surface area (Å²) in [6.07, 6.45) is 2.70. The summed E-state index contributed by atoms with van der Waals surface area (Å²) in [4.78, 5) is 27.3. The second kappa shape index (κ2) is 7.39. The largest absolute Gasteiger partial charge is 0.381 e. The molecule has 1 saturated carbocycles. The summed E-state index contributed by atoms with van der Waals surface area (Å²) in [5, 5.41) is 20.5. The number of aromatic nitrogens is 6. The summed E-state index contributed by atoms with van der Waals surface area (Å²) >= 11 is 3.44. The SMILES string of the molecule is O=c1n(-c2ccccc2)c(=O)n2n1-c1c(nnn1Cc1ccc(Br)cc1)C1(O)CCCCC21. The molecule has 0 spiro atoms. The van der Waals surface area contributed by atoms with Gasteiger partial charge in [0.15, 0.2) is 5.82 Å². The fraction of sp³-hybridized carbons (Fsp3) is 0.304. The monoisotopic (exact) mass is 508 g/mol. The molecule has 3 heterocycles. The first-order valence-electron chi connectivity index (χ1n) is 10.9. The Bertz CT molecular complexity index is 1470. The van der Waals surface area contributed by atoms with Crippen molar-refractivity contribution in [3.63, 3.8) is 0 Å². The number of nitrogens with zero attached hydrogens (tertiary/aromatic N) is 6. The zero-order valence-electron chi connectivity index (χ0n) is 17.6. The van der Waals surface area contributed by atoms with Gasteiger partial charge in [0.05, 0.1) is 18.3 Å². The Hall–Kier alpha value is -3.24. The second-order valence-electron chi connectivity index (χ2n) is 8.62. The van der Waals surface area contributed by atoms with Gasteiger partial charge in [-0.2, -0.15) is 4.68 Å². The lowest BCUT2D eigenvalue weighted by Crippen LogP contribution is -2.50. The van der Waals surface area contributed by atoms with Crippen LogP contribution in [0.15, 0.2) is 68.7 Å². The van der Waals surface area contributed by atoms with Gasteiger partial charge >= 0.3 is 11.4 Å². The number of fused-ring (bicyclic) bond motifs is 6. The highest BCUT2D eigenvalue weighted by atomic mass is 79.9. The number of para-hydroxylation sites is 1. The van der Waals surface area contributed by atoms with Crippen molar-refractivity contribution >= 4 is 15.9 Å². The molecule has 2 aliphatic rings. The highest BCUT2D eigenvalue weighted by molar-refractivity contribution is 9.10. The van der Waals surface area contributed by atoms with Crippen LogP contribution < -0.4 is 11.4 Å². The van der Waals surface area contributed by atoms with E-state index in [4.69, 9.17) is 0 Å². The van der Waals surface area contributed by atoms with E-state index in [2.05, 4.69) is 26.2 Å². The highest BCUT2D eigenvalue weighted by Crippen LogP contribution is 2.47. The van der Waals surface area contributed by atoms with Gasteiger partial charge in [0.25, 0.3) is 0 Å². The third-order valence-corrected chi connectivity index (χ3v) is 7.22. The van der Waals surface area contributed by atoms with Gasteiger partial charge in [0.2, 0.25) is 0 Å². The maximum atomic E-state index is 13.7. The predicted octanol–water partition coefficient (Wildman–Crippen LogP) is 2.51. The van der Waals surface area contributed by atoms with Gasteiger partial charge in [-0.25, -0.2) is 23.5 Å². The molecular weight excluding hydrogens is 488 g/mol. The minimum Gasteiger partial charge on any atom is -0.381 e. The van der Waals surface area contributed by atoms with Gasteiger partial charge in [0, 0.05) is 4.47 Å². The van der Waals surface area contributed by atoms with Gasteiger partial charge in [0.1, 0.15) is 11.3 Å². The minimum absolute atomic E-state index is 0.341. The van der Waals surface area contributed by atoms with Crippen molar-refractivity contribution in [2.24, 2.45) is 0 Å². The molecule has 2 atom stereocenters. The molecule has 6 rings (SSSR count). The summed E-state index contributed by atoms with van der Waals surface area (Å²) in [5.41, 5.74) is -0.539. The Morgan fingerprint density at radius 2 is 1.79 bits per heavy atom. The summed E-state index contributed by atoms with van der Waals surface area (Å²) in [6, 6.07) is 16.0. The molecule has 9 nitrogen and oxygen atoms in total. The molecule has 10 heteroatoms. The van der Waals surface area contributed by atoms with Crippen LogP contribution in [0.25, 0.3) is 11.5 Å². The fourth-order valence-electron chi connectivity index (χ4n) is 5.13. The maximum Gasteiger partial charge on any atom is 0.358 e. The molecule has 1 N–H and O–H groups in total. The summed E-state index contributed by atoms with van der Waals surface area (Å²) in [7, 11) is 0. The summed E-state index contributed by atoms with van der Waals surface area (Å²) < 4.78 is 6.47. The minimum atomic E-state index is -1.36. The van der Waals surface area contributed by atoms with Crippen LogP contribution in [0.3, 0.4) is 0 Å². The molecule has 1 aliphatic carbocycles. The quantitative estimate of drug-likeness (QED) is 0.458. The van der Waals surface area contributed by atoms with Crippen molar-refractivity contribution in [1.82, 2.24) is 28.9 Å². The van der Waals surface area contributed by atoms with E-state index in [1.165, 1.54) is 9.36 Å². The molecule has 0 radical (unpaired) electrons. The van der Waals surface area contributed by atoms with Crippen molar-refractivity contribution in [3.8, 4) is 11.5 Å². The Balaban J connectivity index is 1.62. The lowest BCUT2D eigenvalue weighted by atomic mass is 9.77. The van der Waals surface area contributed by atoms with Crippen LogP contribution >= 0.6 is 15.9 Å². The molecule has 0 amide bonds. The Morgan fingerprint density at radius 1 is 1.03 bits per heavy atom. The van der Waals surface area contributed by atoms with E-state index >= 15 is 0 Å². The molecule has 2 aromatic heterocycles. The average Bonchev–Trinajstić information content (AvgIpc) is 3.35. The van der Waals surface area contributed by atoms with Crippen LogP contribution in [-0.4, -0.2) is 34.0 Å². The van der Waals surface area contributed by atoms with Crippen LogP contribution in [0, 0.1) is 0 Å². The predicted molar refractivity (Wildman–Crippen MR) is 124 cm³/mol. The number of hydrogen-bond donors (Lipinski definition) is 1. The number of hydrogen-bond acceptors (Lipinski definition) is 5. The van der Waals surface area contributed by atoms with Gasteiger partial charge in [-0.05, 0) is 42.7 Å². The lowest BCUT2D eigenvalue weighted by Gasteiger charge is -2.42. The van der Waals surface area contributed by atoms with E-state index in [1.807, 2.05) is 30.3 Å². The smallest absolute Gasteiger partial charge is 0.358 e. The number of aliphatic hydroxyl groups is 1. The molecule has 0 bridgehead atoms. The number of rotatable bonds is 3. The number of halogens is 1. The Morgan fingerprint density at radius 3 is 2.55 bits per heavy atom. The molecule has 0 saturated heterocycles. The first-order chi connectivity index (χ1) is 16.0. The standard InChI is InChI=1S/C23H21BrN6O3/c24-16-11-9-15(10-12-16)14-27-20-19(25-26-27)23(33)13-5-4-8-18(23)29-21(31)28(22(32)30(20)29)17-6-2-1-3-7-17/h1-3,6-7,9-12,18,33H,4-5,8,13-14H2. The van der Waals surface area contributed by atoms with E-state index in [0.717, 1.165) is 27.4 Å². The van der Waals surface area contributed by atoms with Gasteiger partial charge < -0.3 is 5.11 Å². The zero-order chi connectivity index (χ0) is 22.7. The summed E-state index contributed by atoms with van der Waals surface area (Å²) in [6.45, 7) is 0.341. The van der Waals surface area contributed by atoms with Gasteiger partial charge in [-0.15, -0.1) is 5.10 Å². The lowest BCUT2D eigenvalue weighted by molar-refractivity contribution is -0.0659. The molecule has 1 aliphatic heterocycles. The molecular formula is C23H21BrN6O3. The third kappa shape index (κ3) is 2.94. The molecule has 33 heavy (non-hydrogen) atoms.